The van der Waals surface area contributed by atoms with E-state index in [4.69, 9.17) is 23.2 Å². The Morgan fingerprint density at radius 2 is 1.90 bits per heavy atom. The van der Waals surface area contributed by atoms with Crippen LogP contribution in [0.25, 0.3) is 0 Å². The van der Waals surface area contributed by atoms with Crippen LogP contribution in [0, 0.1) is 0 Å². The minimum atomic E-state index is 0.0964. The average Bonchev–Trinajstić information content (AvgIpc) is 2.46. The number of hydrogen-bond acceptors (Lipinski definition) is 3. The average molecular weight is 324 g/mol. The lowest BCUT2D eigenvalue weighted by molar-refractivity contribution is 0.718. The zero-order valence-electron chi connectivity index (χ0n) is 12.5. The van der Waals surface area contributed by atoms with E-state index >= 15 is 0 Å². The Kier molecular flexibility index (Phi) is 5.43. The van der Waals surface area contributed by atoms with Crippen LogP contribution in [-0.2, 0) is 6.42 Å². The predicted octanol–water partition coefficient (Wildman–Crippen LogP) is 4.93. The highest BCUT2D eigenvalue weighted by atomic mass is 35.5. The number of aryl methyl sites for hydroxylation is 1. The van der Waals surface area contributed by atoms with Crippen molar-refractivity contribution in [3.63, 3.8) is 0 Å². The fraction of sp³-hybridized carbons (Fsp3) is 0.375. The molecule has 112 valence electrons. The van der Waals surface area contributed by atoms with Gasteiger partial charge in [-0.15, -0.1) is 0 Å². The van der Waals surface area contributed by atoms with Crippen LogP contribution in [0.5, 0.6) is 0 Å². The molecule has 1 aromatic heterocycles. The Morgan fingerprint density at radius 3 is 2.57 bits per heavy atom. The second-order valence-corrected chi connectivity index (χ2v) is 5.82. The van der Waals surface area contributed by atoms with E-state index in [9.17, 15) is 0 Å². The zero-order valence-corrected chi connectivity index (χ0v) is 14.0. The first-order valence-corrected chi connectivity index (χ1v) is 7.79. The maximum absolute atomic E-state index is 6.28. The van der Waals surface area contributed by atoms with Crippen LogP contribution >= 0.6 is 23.2 Å². The third kappa shape index (κ3) is 3.86. The third-order valence-corrected chi connectivity index (χ3v) is 4.04. The van der Waals surface area contributed by atoms with Gasteiger partial charge < -0.3 is 4.90 Å². The molecule has 0 N–H and O–H groups in total. The number of hydrogen-bond donors (Lipinski definition) is 0. The highest BCUT2D eigenvalue weighted by Crippen LogP contribution is 2.29. The van der Waals surface area contributed by atoms with E-state index in [0.29, 0.717) is 5.15 Å². The van der Waals surface area contributed by atoms with Crippen LogP contribution in [0.4, 0.5) is 5.82 Å². The van der Waals surface area contributed by atoms with Crippen molar-refractivity contribution < 1.29 is 0 Å². The topological polar surface area (TPSA) is 29.0 Å². The fourth-order valence-electron chi connectivity index (χ4n) is 2.19. The van der Waals surface area contributed by atoms with Gasteiger partial charge in [0.1, 0.15) is 16.8 Å². The maximum Gasteiger partial charge on any atom is 0.134 e. The molecule has 2 rings (SSSR count). The molecule has 0 aliphatic carbocycles. The minimum absolute atomic E-state index is 0.0964. The molecule has 1 heterocycles. The first-order valence-electron chi connectivity index (χ1n) is 7.03. The van der Waals surface area contributed by atoms with E-state index < -0.39 is 0 Å². The summed E-state index contributed by atoms with van der Waals surface area (Å²) in [6.45, 7) is 4.19. The summed E-state index contributed by atoms with van der Waals surface area (Å²) >= 11 is 12.4. The summed E-state index contributed by atoms with van der Waals surface area (Å²) in [5.74, 6) is 1.59. The van der Waals surface area contributed by atoms with Crippen LogP contribution in [0.3, 0.4) is 0 Å². The summed E-state index contributed by atoms with van der Waals surface area (Å²) in [7, 11) is 1.99. The van der Waals surface area contributed by atoms with Gasteiger partial charge in [-0.1, -0.05) is 48.3 Å². The van der Waals surface area contributed by atoms with E-state index in [-0.39, 0.29) is 6.04 Å². The van der Waals surface area contributed by atoms with Crippen LogP contribution in [-0.4, -0.2) is 17.0 Å². The smallest absolute Gasteiger partial charge is 0.134 e. The van der Waals surface area contributed by atoms with Gasteiger partial charge in [-0.05, 0) is 25.0 Å². The maximum atomic E-state index is 6.28. The number of aromatic nitrogens is 2. The lowest BCUT2D eigenvalue weighted by Gasteiger charge is -2.27. The quantitative estimate of drug-likeness (QED) is 0.730. The van der Waals surface area contributed by atoms with E-state index in [2.05, 4.69) is 28.7 Å². The summed E-state index contributed by atoms with van der Waals surface area (Å²) in [5.41, 5.74) is 1.06. The summed E-state index contributed by atoms with van der Waals surface area (Å²) in [5, 5.41) is 1.23. The number of benzene rings is 1. The highest BCUT2D eigenvalue weighted by molar-refractivity contribution is 6.31. The monoisotopic (exact) mass is 323 g/mol. The molecule has 0 bridgehead atoms. The molecule has 0 aliphatic rings. The minimum Gasteiger partial charge on any atom is -0.353 e. The molecule has 0 aliphatic heterocycles. The van der Waals surface area contributed by atoms with Crippen molar-refractivity contribution in [1.29, 1.82) is 0 Å². The lowest BCUT2D eigenvalue weighted by atomic mass is 10.1. The molecule has 0 fully saturated rings. The fourth-order valence-corrected chi connectivity index (χ4v) is 2.68. The molecule has 1 unspecified atom stereocenters. The Bertz CT molecular complexity index is 616. The van der Waals surface area contributed by atoms with E-state index in [1.165, 1.54) is 0 Å². The van der Waals surface area contributed by atoms with Gasteiger partial charge in [0.2, 0.25) is 0 Å². The molecule has 0 saturated heterocycles. The molecule has 5 heteroatoms. The van der Waals surface area contributed by atoms with Crippen LogP contribution in [0.15, 0.2) is 30.3 Å². The van der Waals surface area contributed by atoms with Gasteiger partial charge in [0.15, 0.2) is 0 Å². The molecule has 2 aromatic rings. The Labute approximate surface area is 135 Å². The van der Waals surface area contributed by atoms with Crippen molar-refractivity contribution in [3.8, 4) is 0 Å². The Morgan fingerprint density at radius 1 is 1.19 bits per heavy atom. The molecule has 0 spiro atoms. The van der Waals surface area contributed by atoms with Crippen LogP contribution < -0.4 is 4.90 Å². The largest absolute Gasteiger partial charge is 0.353 e. The van der Waals surface area contributed by atoms with Crippen molar-refractivity contribution in [1.82, 2.24) is 9.97 Å². The van der Waals surface area contributed by atoms with E-state index in [1.54, 1.807) is 6.07 Å². The molecule has 21 heavy (non-hydrogen) atoms. The second kappa shape index (κ2) is 7.10. The van der Waals surface area contributed by atoms with Gasteiger partial charge in [-0.3, -0.25) is 0 Å². The zero-order chi connectivity index (χ0) is 15.4. The van der Waals surface area contributed by atoms with Gasteiger partial charge in [-0.25, -0.2) is 9.97 Å². The molecular weight excluding hydrogens is 305 g/mol. The normalized spacial score (nSPS) is 12.2. The standard InChI is InChI=1S/C16H19Cl2N3/c1-4-7-15-19-14(18)10-16(20-15)21(3)11(2)12-8-5-6-9-13(12)17/h5-6,8-11H,4,7H2,1-3H3. The van der Waals surface area contributed by atoms with Gasteiger partial charge in [-0.2, -0.15) is 0 Å². The van der Waals surface area contributed by atoms with Gasteiger partial charge in [0.25, 0.3) is 0 Å². The first kappa shape index (κ1) is 16.1. The number of halogens is 2. The number of anilines is 1. The molecule has 0 amide bonds. The van der Waals surface area contributed by atoms with Crippen molar-refractivity contribution in [3.05, 3.63) is 51.9 Å². The number of rotatable bonds is 5. The molecule has 1 aromatic carbocycles. The molecule has 1 atom stereocenters. The van der Waals surface area contributed by atoms with Gasteiger partial charge >= 0.3 is 0 Å². The highest BCUT2D eigenvalue weighted by Gasteiger charge is 2.17. The SMILES string of the molecule is CCCc1nc(Cl)cc(N(C)C(C)c2ccccc2Cl)n1. The van der Waals surface area contributed by atoms with Crippen LogP contribution in [0.2, 0.25) is 10.2 Å². The van der Waals surface area contributed by atoms with Crippen LogP contribution in [0.1, 0.15) is 37.7 Å². The van der Waals surface area contributed by atoms with Crippen molar-refractivity contribution in [2.24, 2.45) is 0 Å². The summed E-state index contributed by atoms with van der Waals surface area (Å²) < 4.78 is 0. The molecule has 0 saturated carbocycles. The third-order valence-electron chi connectivity index (χ3n) is 3.50. The van der Waals surface area contributed by atoms with E-state index in [1.807, 2.05) is 31.3 Å². The van der Waals surface area contributed by atoms with Gasteiger partial charge in [0, 0.05) is 24.6 Å². The van der Waals surface area contributed by atoms with Crippen molar-refractivity contribution >= 4 is 29.0 Å². The summed E-state index contributed by atoms with van der Waals surface area (Å²) in [6, 6.07) is 9.73. The van der Waals surface area contributed by atoms with E-state index in [0.717, 1.165) is 35.1 Å². The Balaban J connectivity index is 2.31. The van der Waals surface area contributed by atoms with Crippen molar-refractivity contribution in [2.45, 2.75) is 32.7 Å². The summed E-state index contributed by atoms with van der Waals surface area (Å²) in [4.78, 5) is 10.9. The first-order chi connectivity index (χ1) is 10.0. The molecular formula is C16H19Cl2N3. The van der Waals surface area contributed by atoms with Crippen molar-refractivity contribution in [2.75, 3.05) is 11.9 Å². The van der Waals surface area contributed by atoms with Gasteiger partial charge in [0.05, 0.1) is 6.04 Å². The summed E-state index contributed by atoms with van der Waals surface area (Å²) in [6.07, 6.45) is 1.81. The second-order valence-electron chi connectivity index (χ2n) is 5.02. The molecule has 3 nitrogen and oxygen atoms in total. The lowest BCUT2D eigenvalue weighted by Crippen LogP contribution is -2.23. The predicted molar refractivity (Wildman–Crippen MR) is 89.3 cm³/mol. The Hall–Kier alpha value is -1.32. The number of nitrogens with zero attached hydrogens (tertiary/aromatic N) is 3. The molecule has 0 radical (unpaired) electrons.